The van der Waals surface area contributed by atoms with Gasteiger partial charge in [-0.05, 0) is 24.0 Å². The Morgan fingerprint density at radius 1 is 0.600 bits per heavy atom. The number of hydrogen-bond donors (Lipinski definition) is 0. The molecule has 0 aliphatic heterocycles. The molecule has 0 saturated heterocycles. The molecule has 160 valence electrons. The van der Waals surface area contributed by atoms with Crippen molar-refractivity contribution < 1.29 is 19.6 Å². The second-order valence-corrected chi connectivity index (χ2v) is 6.99. The molecule has 2 aromatic rings. The van der Waals surface area contributed by atoms with E-state index in [2.05, 4.69) is 0 Å². The van der Waals surface area contributed by atoms with Gasteiger partial charge in [0.25, 0.3) is 25.2 Å². The van der Waals surface area contributed by atoms with Crippen molar-refractivity contribution in [3.8, 4) is 0 Å². The first-order valence-electron chi connectivity index (χ1n) is 9.61. The van der Waals surface area contributed by atoms with Crippen LogP contribution in [0.1, 0.15) is 24.0 Å². The van der Waals surface area contributed by atoms with Crippen molar-refractivity contribution in [1.29, 1.82) is 0 Å². The van der Waals surface area contributed by atoms with Crippen LogP contribution < -0.4 is 0 Å². The van der Waals surface area contributed by atoms with Gasteiger partial charge in [0.2, 0.25) is 0 Å². The predicted octanol–water partition coefficient (Wildman–Crippen LogP) is 3.02. The van der Waals surface area contributed by atoms with E-state index in [-0.39, 0.29) is 22.6 Å². The summed E-state index contributed by atoms with van der Waals surface area (Å²) >= 11 is 0. The monoisotopic (exact) mass is 416 g/mol. The van der Waals surface area contributed by atoms with Crippen molar-refractivity contribution in [2.75, 3.05) is 13.1 Å². The Morgan fingerprint density at radius 3 is 1.23 bits per heavy atom. The molecule has 0 aliphatic rings. The molecule has 30 heavy (non-hydrogen) atoms. The van der Waals surface area contributed by atoms with Crippen LogP contribution in [0, 0.1) is 30.6 Å². The van der Waals surface area contributed by atoms with Crippen molar-refractivity contribution in [2.45, 2.75) is 37.8 Å². The van der Waals surface area contributed by atoms with E-state index in [4.69, 9.17) is 0 Å². The van der Waals surface area contributed by atoms with Gasteiger partial charge in [-0.2, -0.15) is 0 Å². The lowest BCUT2D eigenvalue weighted by atomic mass is 10.1. The van der Waals surface area contributed by atoms with Gasteiger partial charge in [-0.15, -0.1) is 0 Å². The lowest BCUT2D eigenvalue weighted by molar-refractivity contribution is -1.00. The molecule has 2 aromatic carbocycles. The Bertz CT molecular complexity index is 789. The molecule has 0 aliphatic carbocycles. The van der Waals surface area contributed by atoms with Crippen LogP contribution >= 0.6 is 0 Å². The van der Waals surface area contributed by atoms with Crippen molar-refractivity contribution in [2.24, 2.45) is 0 Å². The van der Waals surface area contributed by atoms with Crippen LogP contribution in [0.3, 0.4) is 0 Å². The summed E-state index contributed by atoms with van der Waals surface area (Å²) in [5, 5.41) is 47.3. The molecule has 0 fully saturated rings. The van der Waals surface area contributed by atoms with Crippen LogP contribution in [0.4, 0.5) is 0 Å². The number of hydroxylamine groups is 2. The van der Waals surface area contributed by atoms with Crippen LogP contribution in [0.2, 0.25) is 0 Å². The minimum absolute atomic E-state index is 0.00486. The first-order chi connectivity index (χ1) is 14.4. The average Bonchev–Trinajstić information content (AvgIpc) is 2.74. The molecule has 0 amide bonds. The topological polar surface area (TPSA) is 138 Å². The van der Waals surface area contributed by atoms with Gasteiger partial charge in [0.1, 0.15) is 0 Å². The normalized spacial score (nSPS) is 13.9. The van der Waals surface area contributed by atoms with Crippen molar-refractivity contribution in [1.82, 2.24) is 0 Å². The maximum atomic E-state index is 12.6. The first kappa shape index (κ1) is 22.7. The number of nitrogens with zero attached hydrogens (tertiary/aromatic N) is 4. The number of aryl methyl sites for hydroxylation is 2. The quantitative estimate of drug-likeness (QED) is 0.226. The van der Waals surface area contributed by atoms with E-state index in [0.717, 1.165) is 11.1 Å². The summed E-state index contributed by atoms with van der Waals surface area (Å²) in [6.45, 7) is -1.45. The predicted molar refractivity (Wildman–Crippen MR) is 108 cm³/mol. The summed E-state index contributed by atoms with van der Waals surface area (Å²) in [5.74, 6) is 0. The maximum Gasteiger partial charge on any atom is 0.292 e. The van der Waals surface area contributed by atoms with E-state index >= 15 is 0 Å². The van der Waals surface area contributed by atoms with Crippen molar-refractivity contribution in [3.05, 3.63) is 102 Å². The Balaban J connectivity index is 2.18. The molecule has 2 atom stereocenters. The second-order valence-electron chi connectivity index (χ2n) is 6.99. The number of nitro groups is 2. The molecule has 2 rings (SSSR count). The molecule has 10 heteroatoms. The van der Waals surface area contributed by atoms with E-state index in [1.807, 2.05) is 60.7 Å². The lowest BCUT2D eigenvalue weighted by Gasteiger charge is -2.15. The maximum absolute atomic E-state index is 12.6. The molecular formula is C20H24N4O6. The van der Waals surface area contributed by atoms with E-state index in [0.29, 0.717) is 12.8 Å². The minimum Gasteiger partial charge on any atom is -0.567 e. The average molecular weight is 416 g/mol. The summed E-state index contributed by atoms with van der Waals surface area (Å²) in [5.41, 5.74) is 1.75. The molecule has 0 spiro atoms. The highest BCUT2D eigenvalue weighted by Crippen LogP contribution is 2.12. The smallest absolute Gasteiger partial charge is 0.292 e. The number of rotatable bonds is 12. The van der Waals surface area contributed by atoms with Crippen LogP contribution in [-0.2, 0) is 12.8 Å². The Hall–Kier alpha value is -3.56. The van der Waals surface area contributed by atoms with E-state index in [1.165, 1.54) is 0 Å². The van der Waals surface area contributed by atoms with Crippen LogP contribution in [-0.4, -0.2) is 44.7 Å². The fourth-order valence-corrected chi connectivity index (χ4v) is 3.17. The highest BCUT2D eigenvalue weighted by atomic mass is 16.6. The van der Waals surface area contributed by atoms with E-state index in [9.17, 15) is 30.6 Å². The van der Waals surface area contributed by atoms with E-state index < -0.39 is 35.0 Å². The molecule has 2 unspecified atom stereocenters. The summed E-state index contributed by atoms with van der Waals surface area (Å²) in [7, 11) is 0. The number of hydrogen-bond acceptors (Lipinski definition) is 6. The molecule has 0 radical (unpaired) electrons. The molecule has 0 saturated carbocycles. The highest BCUT2D eigenvalue weighted by Gasteiger charge is 2.35. The summed E-state index contributed by atoms with van der Waals surface area (Å²) in [6, 6.07) is 15.7. The van der Waals surface area contributed by atoms with Crippen LogP contribution in [0.25, 0.3) is 0 Å². The summed E-state index contributed by atoms with van der Waals surface area (Å²) in [4.78, 5) is 20.7. The van der Waals surface area contributed by atoms with Gasteiger partial charge in [0.05, 0.1) is 0 Å². The fraction of sp³-hybridized carbons (Fsp3) is 0.400. The standard InChI is InChI=1S/C20H24N4O6/c25-21(26)15-19(13-11-17-7-3-1-4-8-17)23(29)24(30)20(16-22(27)28)14-12-18-9-5-2-6-10-18/h1-10,19-20H,11-16H2/b24-23+. The van der Waals surface area contributed by atoms with Crippen molar-refractivity contribution >= 4 is 0 Å². The van der Waals surface area contributed by atoms with Gasteiger partial charge in [-0.3, -0.25) is 20.2 Å². The summed E-state index contributed by atoms with van der Waals surface area (Å²) in [6.07, 6.45) is 0.903. The molecule has 0 aromatic heterocycles. The van der Waals surface area contributed by atoms with Gasteiger partial charge in [-0.25, -0.2) is 0 Å². The van der Waals surface area contributed by atoms with Gasteiger partial charge in [0, 0.05) is 32.4 Å². The fourth-order valence-electron chi connectivity index (χ4n) is 3.17. The molecule has 0 N–H and O–H groups in total. The van der Waals surface area contributed by atoms with Gasteiger partial charge in [0.15, 0.2) is 0 Å². The second kappa shape index (κ2) is 11.4. The zero-order valence-electron chi connectivity index (χ0n) is 16.4. The van der Waals surface area contributed by atoms with Crippen molar-refractivity contribution in [3.63, 3.8) is 0 Å². The van der Waals surface area contributed by atoms with Gasteiger partial charge < -0.3 is 10.4 Å². The summed E-state index contributed by atoms with van der Waals surface area (Å²) < 4.78 is 0. The Morgan fingerprint density at radius 2 is 0.933 bits per heavy atom. The molecule has 10 nitrogen and oxygen atoms in total. The van der Waals surface area contributed by atoms with Crippen LogP contribution in [0.15, 0.2) is 60.7 Å². The van der Waals surface area contributed by atoms with Gasteiger partial charge in [-0.1, -0.05) is 60.7 Å². The minimum atomic E-state index is -1.22. The molecule has 0 bridgehead atoms. The largest absolute Gasteiger partial charge is 0.567 e. The lowest BCUT2D eigenvalue weighted by Crippen LogP contribution is -2.41. The number of azo groups is 1. The number of benzene rings is 2. The molecule has 0 heterocycles. The third-order valence-electron chi connectivity index (χ3n) is 4.76. The third-order valence-corrected chi connectivity index (χ3v) is 4.76. The third kappa shape index (κ3) is 7.46. The first-order valence-corrected chi connectivity index (χ1v) is 9.61. The Kier molecular flexibility index (Phi) is 8.67. The highest BCUT2D eigenvalue weighted by molar-refractivity contribution is 5.15. The molecular weight excluding hydrogens is 392 g/mol. The van der Waals surface area contributed by atoms with Gasteiger partial charge >= 0.3 is 0 Å². The Labute approximate surface area is 173 Å². The SMILES string of the molecule is O=[N+]([O-])CC(CCc1ccccc1)/[N+]([O-])=[N+](\[O-])C(CCc1ccccc1)C[N+](=O)[O-]. The van der Waals surface area contributed by atoms with Crippen LogP contribution in [0.5, 0.6) is 0 Å². The zero-order chi connectivity index (χ0) is 21.9. The zero-order valence-corrected chi connectivity index (χ0v) is 16.4. The van der Waals surface area contributed by atoms with E-state index in [1.54, 1.807) is 0 Å².